The molecule has 0 aliphatic carbocycles. The van der Waals surface area contributed by atoms with Crippen LogP contribution >= 0.6 is 0 Å². The van der Waals surface area contributed by atoms with E-state index >= 15 is 0 Å². The van der Waals surface area contributed by atoms with E-state index < -0.39 is 0 Å². The van der Waals surface area contributed by atoms with E-state index in [2.05, 4.69) is 25.1 Å². The first-order chi connectivity index (χ1) is 9.22. The van der Waals surface area contributed by atoms with E-state index in [-0.39, 0.29) is 5.91 Å². The fourth-order valence-corrected chi connectivity index (χ4v) is 2.34. The summed E-state index contributed by atoms with van der Waals surface area (Å²) in [6, 6.07) is 0.321. The van der Waals surface area contributed by atoms with Crippen molar-refractivity contribution in [1.82, 2.24) is 10.2 Å². The number of hydrogen-bond acceptors (Lipinski definition) is 2. The Balaban J connectivity index is 2.71. The molecule has 0 saturated carbocycles. The molecule has 1 rings (SSSR count). The second-order valence-corrected chi connectivity index (χ2v) is 4.67. The number of amides is 1. The highest BCUT2D eigenvalue weighted by Crippen LogP contribution is 2.15. The summed E-state index contributed by atoms with van der Waals surface area (Å²) in [5.41, 5.74) is 0.906. The number of nitrogens with one attached hydrogen (secondary N) is 1. The van der Waals surface area contributed by atoms with Crippen molar-refractivity contribution < 1.29 is 4.79 Å². The maximum absolute atomic E-state index is 12.4. The smallest absolute Gasteiger partial charge is 0.227 e. The van der Waals surface area contributed by atoms with E-state index in [1.165, 1.54) is 0 Å². The molecule has 1 saturated heterocycles. The first kappa shape index (κ1) is 15.4. The van der Waals surface area contributed by atoms with E-state index in [1.807, 2.05) is 11.0 Å². The SMILES string of the molecule is C=C/C=C(\C=C)CC(=O)N(CC=C)C1CCNCC1. The number of carbonyl (C=O) groups excluding carboxylic acids is 1. The van der Waals surface area contributed by atoms with Crippen molar-refractivity contribution in [1.29, 1.82) is 0 Å². The Bertz CT molecular complexity index is 365. The number of hydrogen-bond donors (Lipinski definition) is 1. The van der Waals surface area contributed by atoms with Gasteiger partial charge in [-0.2, -0.15) is 0 Å². The fraction of sp³-hybridized carbons (Fsp3) is 0.438. The van der Waals surface area contributed by atoms with Crippen LogP contribution in [0.2, 0.25) is 0 Å². The van der Waals surface area contributed by atoms with Gasteiger partial charge in [0.25, 0.3) is 0 Å². The predicted octanol–water partition coefficient (Wildman–Crippen LogP) is 2.44. The predicted molar refractivity (Wildman–Crippen MR) is 80.9 cm³/mol. The Labute approximate surface area is 116 Å². The van der Waals surface area contributed by atoms with Gasteiger partial charge in [0.05, 0.1) is 6.42 Å². The van der Waals surface area contributed by atoms with Gasteiger partial charge in [0.1, 0.15) is 0 Å². The summed E-state index contributed by atoms with van der Waals surface area (Å²) in [4.78, 5) is 14.4. The van der Waals surface area contributed by atoms with E-state index in [9.17, 15) is 4.79 Å². The van der Waals surface area contributed by atoms with Gasteiger partial charge in [0, 0.05) is 12.6 Å². The van der Waals surface area contributed by atoms with Crippen molar-refractivity contribution in [2.75, 3.05) is 19.6 Å². The van der Waals surface area contributed by atoms with Crippen LogP contribution in [0.5, 0.6) is 0 Å². The molecule has 1 heterocycles. The maximum Gasteiger partial charge on any atom is 0.227 e. The molecule has 1 N–H and O–H groups in total. The summed E-state index contributed by atoms with van der Waals surface area (Å²) in [5, 5.41) is 3.32. The van der Waals surface area contributed by atoms with Crippen LogP contribution in [-0.2, 0) is 4.79 Å². The Morgan fingerprint density at radius 1 is 1.26 bits per heavy atom. The van der Waals surface area contributed by atoms with Crippen molar-refractivity contribution in [3.05, 3.63) is 49.6 Å². The van der Waals surface area contributed by atoms with E-state index in [1.54, 1.807) is 18.2 Å². The van der Waals surface area contributed by atoms with Crippen molar-refractivity contribution >= 4 is 5.91 Å². The second-order valence-electron chi connectivity index (χ2n) is 4.67. The molecular weight excluding hydrogens is 236 g/mol. The largest absolute Gasteiger partial charge is 0.336 e. The van der Waals surface area contributed by atoms with Gasteiger partial charge in [-0.25, -0.2) is 0 Å². The molecule has 0 spiro atoms. The molecule has 1 aliphatic heterocycles. The summed E-state index contributed by atoms with van der Waals surface area (Å²) in [5.74, 6) is 0.139. The lowest BCUT2D eigenvalue weighted by Gasteiger charge is -2.34. The molecule has 3 heteroatoms. The van der Waals surface area contributed by atoms with Gasteiger partial charge in [0.2, 0.25) is 5.91 Å². The number of rotatable bonds is 7. The van der Waals surface area contributed by atoms with E-state index in [4.69, 9.17) is 0 Å². The third-order valence-electron chi connectivity index (χ3n) is 3.35. The van der Waals surface area contributed by atoms with Gasteiger partial charge in [-0.1, -0.05) is 37.5 Å². The van der Waals surface area contributed by atoms with E-state index in [0.717, 1.165) is 31.5 Å². The number of carbonyl (C=O) groups is 1. The molecular formula is C16H24N2O. The molecule has 0 aromatic heterocycles. The van der Waals surface area contributed by atoms with Crippen LogP contribution in [0.3, 0.4) is 0 Å². The first-order valence-electron chi connectivity index (χ1n) is 6.78. The zero-order chi connectivity index (χ0) is 14.1. The zero-order valence-electron chi connectivity index (χ0n) is 11.6. The topological polar surface area (TPSA) is 32.3 Å². The van der Waals surface area contributed by atoms with Crippen LogP contribution in [0, 0.1) is 0 Å². The van der Waals surface area contributed by atoms with Crippen molar-refractivity contribution in [3.8, 4) is 0 Å². The molecule has 1 aliphatic rings. The van der Waals surface area contributed by atoms with Crippen molar-refractivity contribution in [2.45, 2.75) is 25.3 Å². The number of piperidine rings is 1. The van der Waals surface area contributed by atoms with Crippen molar-refractivity contribution in [2.24, 2.45) is 0 Å². The standard InChI is InChI=1S/C16H24N2O/c1-4-7-14(6-3)13-16(19)18(12-5-2)15-8-10-17-11-9-15/h4-7,15,17H,1-3,8-13H2/b14-7+. The highest BCUT2D eigenvalue weighted by atomic mass is 16.2. The molecule has 19 heavy (non-hydrogen) atoms. The molecule has 3 nitrogen and oxygen atoms in total. The molecule has 0 radical (unpaired) electrons. The average molecular weight is 260 g/mol. The highest BCUT2D eigenvalue weighted by Gasteiger charge is 2.24. The molecule has 0 aromatic rings. The first-order valence-corrected chi connectivity index (χ1v) is 6.78. The third kappa shape index (κ3) is 4.87. The summed E-state index contributed by atoms with van der Waals surface area (Å²) >= 11 is 0. The molecule has 0 atom stereocenters. The Hall–Kier alpha value is -1.61. The summed E-state index contributed by atoms with van der Waals surface area (Å²) in [7, 11) is 0. The minimum atomic E-state index is 0.139. The molecule has 1 amide bonds. The minimum absolute atomic E-state index is 0.139. The Morgan fingerprint density at radius 2 is 1.95 bits per heavy atom. The van der Waals surface area contributed by atoms with Crippen LogP contribution in [0.4, 0.5) is 0 Å². The average Bonchev–Trinajstić information content (AvgIpc) is 2.45. The van der Waals surface area contributed by atoms with Crippen LogP contribution in [-0.4, -0.2) is 36.5 Å². The number of allylic oxidation sites excluding steroid dienone is 3. The molecule has 0 aromatic carbocycles. The lowest BCUT2D eigenvalue weighted by atomic mass is 10.0. The lowest BCUT2D eigenvalue weighted by molar-refractivity contribution is -0.132. The number of nitrogens with zero attached hydrogens (tertiary/aromatic N) is 1. The summed E-state index contributed by atoms with van der Waals surface area (Å²) < 4.78 is 0. The highest BCUT2D eigenvalue weighted by molar-refractivity contribution is 5.80. The van der Waals surface area contributed by atoms with Gasteiger partial charge < -0.3 is 10.2 Å². The molecule has 0 bridgehead atoms. The quantitative estimate of drug-likeness (QED) is 0.563. The van der Waals surface area contributed by atoms with Gasteiger partial charge in [0.15, 0.2) is 0 Å². The van der Waals surface area contributed by atoms with E-state index in [0.29, 0.717) is 19.0 Å². The Morgan fingerprint density at radius 3 is 2.47 bits per heavy atom. The van der Waals surface area contributed by atoms with Gasteiger partial charge >= 0.3 is 0 Å². The second kappa shape index (κ2) is 8.48. The summed E-state index contributed by atoms with van der Waals surface area (Å²) in [6.07, 6.45) is 9.43. The van der Waals surface area contributed by atoms with Crippen LogP contribution in [0.25, 0.3) is 0 Å². The van der Waals surface area contributed by atoms with Crippen LogP contribution < -0.4 is 5.32 Å². The van der Waals surface area contributed by atoms with Crippen molar-refractivity contribution in [3.63, 3.8) is 0 Å². The normalized spacial score (nSPS) is 16.7. The Kier molecular flexibility index (Phi) is 6.90. The maximum atomic E-state index is 12.4. The lowest BCUT2D eigenvalue weighted by Crippen LogP contribution is -2.46. The van der Waals surface area contributed by atoms with Crippen LogP contribution in [0.1, 0.15) is 19.3 Å². The summed E-state index contributed by atoms with van der Waals surface area (Å²) in [6.45, 7) is 13.7. The minimum Gasteiger partial charge on any atom is -0.336 e. The third-order valence-corrected chi connectivity index (χ3v) is 3.35. The zero-order valence-corrected chi connectivity index (χ0v) is 11.6. The molecule has 104 valence electrons. The van der Waals surface area contributed by atoms with Gasteiger partial charge in [-0.05, 0) is 31.5 Å². The monoisotopic (exact) mass is 260 g/mol. The van der Waals surface area contributed by atoms with Gasteiger partial charge in [-0.15, -0.1) is 6.58 Å². The van der Waals surface area contributed by atoms with Crippen LogP contribution in [0.15, 0.2) is 49.6 Å². The van der Waals surface area contributed by atoms with Gasteiger partial charge in [-0.3, -0.25) is 4.79 Å². The molecule has 1 fully saturated rings. The fourth-order valence-electron chi connectivity index (χ4n) is 2.34. The molecule has 0 unspecified atom stereocenters.